The molecule has 18 heavy (non-hydrogen) atoms. The normalized spacial score (nSPS) is 26.3. The van der Waals surface area contributed by atoms with Crippen LogP contribution in [-0.4, -0.2) is 18.8 Å². The van der Waals surface area contributed by atoms with Crippen LogP contribution >= 0.6 is 11.3 Å². The van der Waals surface area contributed by atoms with Crippen molar-refractivity contribution in [2.75, 3.05) is 6.61 Å². The second-order valence-corrected chi connectivity index (χ2v) is 7.32. The van der Waals surface area contributed by atoms with Gasteiger partial charge in [-0.3, -0.25) is 0 Å². The highest BCUT2D eigenvalue weighted by atomic mass is 32.1. The summed E-state index contributed by atoms with van der Waals surface area (Å²) in [5.41, 5.74) is 0.256. The minimum atomic E-state index is 0.256. The molecule has 1 N–H and O–H groups in total. The lowest BCUT2D eigenvalue weighted by Gasteiger charge is -2.52. The first-order valence-corrected chi connectivity index (χ1v) is 7.75. The van der Waals surface area contributed by atoms with E-state index in [1.165, 1.54) is 4.88 Å². The number of thiophene rings is 1. The fourth-order valence-corrected chi connectivity index (χ4v) is 3.12. The van der Waals surface area contributed by atoms with Gasteiger partial charge in [0.15, 0.2) is 0 Å². The van der Waals surface area contributed by atoms with E-state index in [1.807, 2.05) is 11.3 Å². The van der Waals surface area contributed by atoms with Crippen molar-refractivity contribution in [1.82, 2.24) is 5.32 Å². The summed E-state index contributed by atoms with van der Waals surface area (Å²) >= 11 is 1.82. The molecule has 3 heteroatoms. The van der Waals surface area contributed by atoms with Gasteiger partial charge in [0.1, 0.15) is 0 Å². The second-order valence-electron chi connectivity index (χ2n) is 6.29. The third-order valence-electron chi connectivity index (χ3n) is 3.91. The Morgan fingerprint density at radius 1 is 1.50 bits per heavy atom. The van der Waals surface area contributed by atoms with Crippen molar-refractivity contribution in [3.63, 3.8) is 0 Å². The lowest BCUT2D eigenvalue weighted by molar-refractivity contribution is -0.124. The number of hydrogen-bond donors (Lipinski definition) is 1. The fraction of sp³-hybridized carbons (Fsp3) is 0.733. The van der Waals surface area contributed by atoms with Crippen molar-refractivity contribution >= 4 is 11.3 Å². The number of hydrogen-bond acceptors (Lipinski definition) is 3. The van der Waals surface area contributed by atoms with Crippen molar-refractivity contribution in [1.29, 1.82) is 0 Å². The van der Waals surface area contributed by atoms with Gasteiger partial charge in [-0.25, -0.2) is 0 Å². The standard InChI is InChI=1S/C15H25NOS/c1-11(2)10-17-14-8-13(15(14,3)4)16-9-12-6-5-7-18-12/h5-7,11,13-14,16H,8-10H2,1-4H3. The highest BCUT2D eigenvalue weighted by Gasteiger charge is 2.48. The summed E-state index contributed by atoms with van der Waals surface area (Å²) in [5, 5.41) is 5.80. The van der Waals surface area contributed by atoms with E-state index in [1.54, 1.807) is 0 Å². The summed E-state index contributed by atoms with van der Waals surface area (Å²) in [6.45, 7) is 10.9. The van der Waals surface area contributed by atoms with E-state index in [4.69, 9.17) is 4.74 Å². The van der Waals surface area contributed by atoms with Gasteiger partial charge in [-0.15, -0.1) is 11.3 Å². The fourth-order valence-electron chi connectivity index (χ4n) is 2.46. The maximum Gasteiger partial charge on any atom is 0.0656 e. The number of rotatable bonds is 6. The molecule has 1 aliphatic carbocycles. The first-order chi connectivity index (χ1) is 8.50. The first kappa shape index (κ1) is 14.0. The third kappa shape index (κ3) is 3.14. The van der Waals surface area contributed by atoms with Crippen LogP contribution in [0.2, 0.25) is 0 Å². The van der Waals surface area contributed by atoms with Crippen LogP contribution in [0.1, 0.15) is 39.0 Å². The molecule has 1 heterocycles. The van der Waals surface area contributed by atoms with E-state index < -0.39 is 0 Å². The summed E-state index contributed by atoms with van der Waals surface area (Å²) in [5.74, 6) is 0.624. The van der Waals surface area contributed by atoms with Gasteiger partial charge >= 0.3 is 0 Å². The molecule has 0 saturated heterocycles. The van der Waals surface area contributed by atoms with Gasteiger partial charge < -0.3 is 10.1 Å². The Balaban J connectivity index is 1.76. The van der Waals surface area contributed by atoms with Crippen LogP contribution in [0.25, 0.3) is 0 Å². The Morgan fingerprint density at radius 3 is 2.83 bits per heavy atom. The highest BCUT2D eigenvalue weighted by molar-refractivity contribution is 7.09. The average Bonchev–Trinajstić information content (AvgIpc) is 2.79. The van der Waals surface area contributed by atoms with Crippen molar-refractivity contribution in [3.05, 3.63) is 22.4 Å². The highest BCUT2D eigenvalue weighted by Crippen LogP contribution is 2.43. The largest absolute Gasteiger partial charge is 0.377 e. The zero-order valence-corrected chi connectivity index (χ0v) is 12.7. The molecule has 1 aromatic heterocycles. The van der Waals surface area contributed by atoms with E-state index in [9.17, 15) is 0 Å². The molecule has 2 rings (SSSR count). The van der Waals surface area contributed by atoms with E-state index in [0.717, 1.165) is 19.6 Å². The maximum absolute atomic E-state index is 5.98. The molecule has 0 radical (unpaired) electrons. The van der Waals surface area contributed by atoms with Gasteiger partial charge in [-0.1, -0.05) is 33.8 Å². The molecule has 102 valence electrons. The SMILES string of the molecule is CC(C)COC1CC(NCc2cccs2)C1(C)C. The Kier molecular flexibility index (Phi) is 4.46. The van der Waals surface area contributed by atoms with Crippen LogP contribution in [0.5, 0.6) is 0 Å². The Bertz CT molecular complexity index is 359. The molecular formula is C15H25NOS. The number of ether oxygens (including phenoxy) is 1. The van der Waals surface area contributed by atoms with Gasteiger partial charge in [-0.2, -0.15) is 0 Å². The molecule has 0 spiro atoms. The zero-order chi connectivity index (χ0) is 13.2. The molecule has 2 unspecified atom stereocenters. The van der Waals surface area contributed by atoms with Gasteiger partial charge in [0, 0.05) is 29.5 Å². The van der Waals surface area contributed by atoms with Crippen LogP contribution in [-0.2, 0) is 11.3 Å². The molecule has 1 aromatic rings. The van der Waals surface area contributed by atoms with Crippen molar-refractivity contribution < 1.29 is 4.74 Å². The predicted molar refractivity (Wildman–Crippen MR) is 77.9 cm³/mol. The molecule has 1 aliphatic rings. The summed E-state index contributed by atoms with van der Waals surface area (Å²) in [4.78, 5) is 1.41. The molecule has 2 atom stereocenters. The molecule has 0 aromatic carbocycles. The first-order valence-electron chi connectivity index (χ1n) is 6.87. The second kappa shape index (κ2) is 5.72. The molecule has 1 saturated carbocycles. The summed E-state index contributed by atoms with van der Waals surface area (Å²) in [6.07, 6.45) is 1.56. The predicted octanol–water partition coefficient (Wildman–Crippen LogP) is 3.68. The quantitative estimate of drug-likeness (QED) is 0.849. The van der Waals surface area contributed by atoms with Gasteiger partial charge in [-0.05, 0) is 23.8 Å². The minimum absolute atomic E-state index is 0.256. The molecule has 0 aliphatic heterocycles. The monoisotopic (exact) mass is 267 g/mol. The van der Waals surface area contributed by atoms with Crippen LogP contribution in [0.15, 0.2) is 17.5 Å². The van der Waals surface area contributed by atoms with Gasteiger partial charge in [0.05, 0.1) is 6.10 Å². The zero-order valence-electron chi connectivity index (χ0n) is 11.9. The summed E-state index contributed by atoms with van der Waals surface area (Å²) in [6, 6.07) is 4.88. The molecule has 0 bridgehead atoms. The van der Waals surface area contributed by atoms with E-state index in [0.29, 0.717) is 18.1 Å². The van der Waals surface area contributed by atoms with Crippen LogP contribution in [0.3, 0.4) is 0 Å². The number of nitrogens with one attached hydrogen (secondary N) is 1. The minimum Gasteiger partial charge on any atom is -0.377 e. The maximum atomic E-state index is 5.98. The van der Waals surface area contributed by atoms with Crippen LogP contribution in [0.4, 0.5) is 0 Å². The smallest absolute Gasteiger partial charge is 0.0656 e. The van der Waals surface area contributed by atoms with Crippen molar-refractivity contribution in [2.24, 2.45) is 11.3 Å². The Morgan fingerprint density at radius 2 is 2.28 bits per heavy atom. The van der Waals surface area contributed by atoms with E-state index >= 15 is 0 Å². The molecule has 0 amide bonds. The van der Waals surface area contributed by atoms with Crippen molar-refractivity contribution in [3.8, 4) is 0 Å². The summed E-state index contributed by atoms with van der Waals surface area (Å²) in [7, 11) is 0. The van der Waals surface area contributed by atoms with Crippen LogP contribution < -0.4 is 5.32 Å². The molecule has 2 nitrogen and oxygen atoms in total. The Hall–Kier alpha value is -0.380. The van der Waals surface area contributed by atoms with Gasteiger partial charge in [0.25, 0.3) is 0 Å². The van der Waals surface area contributed by atoms with Crippen molar-refractivity contribution in [2.45, 2.75) is 52.8 Å². The van der Waals surface area contributed by atoms with Gasteiger partial charge in [0.2, 0.25) is 0 Å². The van der Waals surface area contributed by atoms with E-state index in [-0.39, 0.29) is 5.41 Å². The van der Waals surface area contributed by atoms with E-state index in [2.05, 4.69) is 50.5 Å². The lowest BCUT2D eigenvalue weighted by Crippen LogP contribution is -2.60. The topological polar surface area (TPSA) is 21.3 Å². The molecular weight excluding hydrogens is 242 g/mol. The van der Waals surface area contributed by atoms with Crippen LogP contribution in [0, 0.1) is 11.3 Å². The lowest BCUT2D eigenvalue weighted by atomic mass is 9.64. The Labute approximate surface area is 115 Å². The third-order valence-corrected chi connectivity index (χ3v) is 4.79. The summed E-state index contributed by atoms with van der Waals surface area (Å²) < 4.78 is 5.98. The molecule has 1 fully saturated rings. The average molecular weight is 267 g/mol.